The van der Waals surface area contributed by atoms with Crippen molar-refractivity contribution in [1.29, 1.82) is 0 Å². The number of thioether (sulfide) groups is 1. The molecule has 0 saturated carbocycles. The molecule has 142 valence electrons. The number of carbonyl (C=O) groups is 1. The Kier molecular flexibility index (Phi) is 6.71. The average Bonchev–Trinajstić information content (AvgIpc) is 3.09. The standard InChI is InChI=1S/C18H28N6OS/c1-3-4-8-15(25)19-9-12-24-17-14(13-20-24)16(21-18(22-17)26-2)23-10-6-5-7-11-23/h13H,3-12H2,1-2H3,(H,19,25). The summed E-state index contributed by atoms with van der Waals surface area (Å²) in [6.07, 6.45) is 10.1. The largest absolute Gasteiger partial charge is 0.356 e. The summed E-state index contributed by atoms with van der Waals surface area (Å²) in [6, 6.07) is 0. The molecule has 1 aliphatic rings. The van der Waals surface area contributed by atoms with E-state index in [1.807, 2.05) is 17.1 Å². The Hall–Kier alpha value is -1.83. The lowest BCUT2D eigenvalue weighted by Crippen LogP contribution is -2.30. The van der Waals surface area contributed by atoms with E-state index in [0.717, 1.165) is 47.9 Å². The molecule has 1 aliphatic heterocycles. The smallest absolute Gasteiger partial charge is 0.220 e. The van der Waals surface area contributed by atoms with Crippen LogP contribution in [0.1, 0.15) is 45.4 Å². The maximum absolute atomic E-state index is 11.8. The lowest BCUT2D eigenvalue weighted by molar-refractivity contribution is -0.121. The molecule has 1 N–H and O–H groups in total. The summed E-state index contributed by atoms with van der Waals surface area (Å²) in [6.45, 7) is 5.35. The molecule has 3 heterocycles. The van der Waals surface area contributed by atoms with Gasteiger partial charge >= 0.3 is 0 Å². The summed E-state index contributed by atoms with van der Waals surface area (Å²) in [5, 5.41) is 9.25. The number of hydrogen-bond acceptors (Lipinski definition) is 6. The van der Waals surface area contributed by atoms with Gasteiger partial charge in [-0.05, 0) is 31.9 Å². The van der Waals surface area contributed by atoms with Gasteiger partial charge in [-0.25, -0.2) is 14.6 Å². The fourth-order valence-electron chi connectivity index (χ4n) is 3.25. The van der Waals surface area contributed by atoms with Crippen LogP contribution in [0.4, 0.5) is 5.82 Å². The van der Waals surface area contributed by atoms with E-state index in [2.05, 4.69) is 27.2 Å². The molecule has 2 aromatic heterocycles. The van der Waals surface area contributed by atoms with Crippen LogP contribution in [0.3, 0.4) is 0 Å². The molecule has 0 aromatic carbocycles. The first-order chi connectivity index (χ1) is 12.7. The minimum Gasteiger partial charge on any atom is -0.356 e. The number of aromatic nitrogens is 4. The van der Waals surface area contributed by atoms with E-state index in [1.165, 1.54) is 19.3 Å². The van der Waals surface area contributed by atoms with Crippen molar-refractivity contribution in [2.45, 2.75) is 57.1 Å². The number of fused-ring (bicyclic) bond motifs is 1. The molecule has 1 fully saturated rings. The lowest BCUT2D eigenvalue weighted by atomic mass is 10.1. The molecule has 2 aromatic rings. The highest BCUT2D eigenvalue weighted by atomic mass is 32.2. The molecule has 7 nitrogen and oxygen atoms in total. The number of rotatable bonds is 8. The Morgan fingerprint density at radius 1 is 1.27 bits per heavy atom. The van der Waals surface area contributed by atoms with E-state index in [9.17, 15) is 4.79 Å². The number of nitrogens with one attached hydrogen (secondary N) is 1. The highest BCUT2D eigenvalue weighted by Gasteiger charge is 2.19. The molecule has 8 heteroatoms. The van der Waals surface area contributed by atoms with Crippen molar-refractivity contribution in [2.24, 2.45) is 0 Å². The second-order valence-corrected chi connectivity index (χ2v) is 7.41. The topological polar surface area (TPSA) is 75.9 Å². The molecule has 3 rings (SSSR count). The van der Waals surface area contributed by atoms with Gasteiger partial charge in [0, 0.05) is 26.1 Å². The van der Waals surface area contributed by atoms with Gasteiger partial charge in [0.25, 0.3) is 0 Å². The van der Waals surface area contributed by atoms with Crippen molar-refractivity contribution in [2.75, 3.05) is 30.8 Å². The molecule has 1 saturated heterocycles. The van der Waals surface area contributed by atoms with E-state index in [1.54, 1.807) is 11.8 Å². The molecule has 0 aliphatic carbocycles. The Balaban J connectivity index is 1.76. The summed E-state index contributed by atoms with van der Waals surface area (Å²) in [5.74, 6) is 1.11. The van der Waals surface area contributed by atoms with Crippen molar-refractivity contribution < 1.29 is 4.79 Å². The zero-order chi connectivity index (χ0) is 18.4. The van der Waals surface area contributed by atoms with Gasteiger partial charge in [0.15, 0.2) is 10.8 Å². The number of hydrogen-bond donors (Lipinski definition) is 1. The van der Waals surface area contributed by atoms with Crippen LogP contribution in [0.5, 0.6) is 0 Å². The molecule has 26 heavy (non-hydrogen) atoms. The maximum Gasteiger partial charge on any atom is 0.220 e. The third-order valence-electron chi connectivity index (χ3n) is 4.70. The van der Waals surface area contributed by atoms with Crippen LogP contribution < -0.4 is 10.2 Å². The first-order valence-electron chi connectivity index (χ1n) is 9.52. The quantitative estimate of drug-likeness (QED) is 0.564. The van der Waals surface area contributed by atoms with Gasteiger partial charge < -0.3 is 10.2 Å². The van der Waals surface area contributed by atoms with E-state index in [-0.39, 0.29) is 5.91 Å². The van der Waals surface area contributed by atoms with E-state index < -0.39 is 0 Å². The second kappa shape index (κ2) is 9.21. The monoisotopic (exact) mass is 376 g/mol. The molecular weight excluding hydrogens is 348 g/mol. The van der Waals surface area contributed by atoms with Crippen molar-refractivity contribution in [3.05, 3.63) is 6.20 Å². The highest BCUT2D eigenvalue weighted by Crippen LogP contribution is 2.28. The van der Waals surface area contributed by atoms with Crippen LogP contribution >= 0.6 is 11.8 Å². The number of anilines is 1. The van der Waals surface area contributed by atoms with Crippen LogP contribution in [0.2, 0.25) is 0 Å². The Labute approximate surface area is 158 Å². The summed E-state index contributed by atoms with van der Waals surface area (Å²) < 4.78 is 1.88. The van der Waals surface area contributed by atoms with Crippen molar-refractivity contribution in [1.82, 2.24) is 25.1 Å². The molecular formula is C18H28N6OS. The van der Waals surface area contributed by atoms with Gasteiger partial charge in [0.05, 0.1) is 18.1 Å². The van der Waals surface area contributed by atoms with Crippen LogP contribution in [0.15, 0.2) is 11.4 Å². The highest BCUT2D eigenvalue weighted by molar-refractivity contribution is 7.98. The molecule has 0 radical (unpaired) electrons. The molecule has 0 spiro atoms. The van der Waals surface area contributed by atoms with Crippen LogP contribution in [0.25, 0.3) is 11.0 Å². The molecule has 1 amide bonds. The fraction of sp³-hybridized carbons (Fsp3) is 0.667. The first kappa shape index (κ1) is 18.9. The van der Waals surface area contributed by atoms with Gasteiger partial charge in [-0.15, -0.1) is 0 Å². The van der Waals surface area contributed by atoms with E-state index in [0.29, 0.717) is 19.5 Å². The van der Waals surface area contributed by atoms with Crippen molar-refractivity contribution in [3.63, 3.8) is 0 Å². The minimum absolute atomic E-state index is 0.108. The lowest BCUT2D eigenvalue weighted by Gasteiger charge is -2.28. The Morgan fingerprint density at radius 2 is 2.08 bits per heavy atom. The zero-order valence-electron chi connectivity index (χ0n) is 15.7. The third-order valence-corrected chi connectivity index (χ3v) is 5.24. The van der Waals surface area contributed by atoms with Gasteiger partial charge in [-0.1, -0.05) is 25.1 Å². The number of nitrogens with zero attached hydrogens (tertiary/aromatic N) is 5. The SMILES string of the molecule is CCCCC(=O)NCCn1ncc2c(N3CCCCC3)nc(SC)nc21. The Bertz CT molecular complexity index is 741. The summed E-state index contributed by atoms with van der Waals surface area (Å²) in [5.41, 5.74) is 0.854. The predicted molar refractivity (Wildman–Crippen MR) is 106 cm³/mol. The number of unbranched alkanes of at least 4 members (excludes halogenated alkanes) is 1. The summed E-state index contributed by atoms with van der Waals surface area (Å²) in [7, 11) is 0. The summed E-state index contributed by atoms with van der Waals surface area (Å²) >= 11 is 1.55. The Morgan fingerprint density at radius 3 is 2.81 bits per heavy atom. The van der Waals surface area contributed by atoms with E-state index in [4.69, 9.17) is 4.98 Å². The molecule has 0 atom stereocenters. The fourth-order valence-corrected chi connectivity index (χ4v) is 3.61. The van der Waals surface area contributed by atoms with Gasteiger partial charge in [-0.3, -0.25) is 4.79 Å². The van der Waals surface area contributed by atoms with Crippen molar-refractivity contribution >= 4 is 34.5 Å². The first-order valence-corrected chi connectivity index (χ1v) is 10.7. The second-order valence-electron chi connectivity index (χ2n) is 6.64. The van der Waals surface area contributed by atoms with Gasteiger partial charge in [-0.2, -0.15) is 5.10 Å². The average molecular weight is 377 g/mol. The summed E-state index contributed by atoms with van der Waals surface area (Å²) in [4.78, 5) is 23.6. The number of piperidine rings is 1. The zero-order valence-corrected chi connectivity index (χ0v) is 16.5. The number of carbonyl (C=O) groups excluding carboxylic acids is 1. The van der Waals surface area contributed by atoms with Crippen molar-refractivity contribution in [3.8, 4) is 0 Å². The van der Waals surface area contributed by atoms with E-state index >= 15 is 0 Å². The predicted octanol–water partition coefficient (Wildman–Crippen LogP) is 2.84. The molecule has 0 bridgehead atoms. The molecule has 0 unspecified atom stereocenters. The van der Waals surface area contributed by atoms with Crippen LogP contribution in [0, 0.1) is 0 Å². The van der Waals surface area contributed by atoms with Gasteiger partial charge in [0.2, 0.25) is 5.91 Å². The number of amides is 1. The third kappa shape index (κ3) is 4.47. The van der Waals surface area contributed by atoms with Crippen LogP contribution in [-0.4, -0.2) is 51.5 Å². The normalized spacial score (nSPS) is 14.8. The minimum atomic E-state index is 0.108. The van der Waals surface area contributed by atoms with Gasteiger partial charge in [0.1, 0.15) is 5.82 Å². The maximum atomic E-state index is 11.8. The van der Waals surface area contributed by atoms with Crippen LogP contribution in [-0.2, 0) is 11.3 Å².